The van der Waals surface area contributed by atoms with Gasteiger partial charge in [-0.15, -0.1) is 0 Å². The van der Waals surface area contributed by atoms with E-state index in [4.69, 9.17) is 0 Å². The van der Waals surface area contributed by atoms with E-state index in [0.717, 1.165) is 22.5 Å². The highest BCUT2D eigenvalue weighted by Crippen LogP contribution is 2.34. The Morgan fingerprint density at radius 2 is 1.51 bits per heavy atom. The molecular formula is C32H28F3N3O4S. The van der Waals surface area contributed by atoms with Gasteiger partial charge in [-0.2, -0.15) is 13.2 Å². The number of amides is 2. The summed E-state index contributed by atoms with van der Waals surface area (Å²) in [5.74, 6) is -0.811. The number of rotatable bonds is 7. The van der Waals surface area contributed by atoms with Gasteiger partial charge >= 0.3 is 6.18 Å². The van der Waals surface area contributed by atoms with Gasteiger partial charge in [-0.3, -0.25) is 13.9 Å². The smallest absolute Gasteiger partial charge is 0.342 e. The van der Waals surface area contributed by atoms with Gasteiger partial charge in [0, 0.05) is 25.7 Å². The molecule has 222 valence electrons. The molecule has 1 atom stereocenters. The summed E-state index contributed by atoms with van der Waals surface area (Å²) in [5, 5.41) is 0. The zero-order valence-electron chi connectivity index (χ0n) is 23.1. The van der Waals surface area contributed by atoms with Gasteiger partial charge < -0.3 is 9.80 Å². The van der Waals surface area contributed by atoms with Crippen molar-refractivity contribution >= 4 is 27.5 Å². The normalized spacial score (nSPS) is 15.8. The third kappa shape index (κ3) is 6.26. The van der Waals surface area contributed by atoms with Gasteiger partial charge in [-0.25, -0.2) is 8.42 Å². The van der Waals surface area contributed by atoms with E-state index in [1.807, 2.05) is 0 Å². The summed E-state index contributed by atoms with van der Waals surface area (Å²) in [6, 6.07) is 25.9. The summed E-state index contributed by atoms with van der Waals surface area (Å²) < 4.78 is 69.8. The Bertz CT molecular complexity index is 1730. The standard InChI is InChI=1S/C32H28F3N3O4S/c1-36-18-19-37(29(31(36)40)24-12-6-3-7-13-24)30(39)25-14-8-17-28(20-25)43(41,42)38(22-23-10-4-2-5-11-23)27-16-9-15-26(21-27)32(33,34)35/h2-17,20-21,29H,18-19,22H2,1H3. The monoisotopic (exact) mass is 607 g/mol. The van der Waals surface area contributed by atoms with Crippen LogP contribution in [-0.2, 0) is 27.5 Å². The third-order valence-corrected chi connectivity index (χ3v) is 9.04. The molecule has 5 rings (SSSR count). The lowest BCUT2D eigenvalue weighted by Crippen LogP contribution is -2.52. The third-order valence-electron chi connectivity index (χ3n) is 7.27. The predicted octanol–water partition coefficient (Wildman–Crippen LogP) is 5.76. The molecule has 0 saturated carbocycles. The van der Waals surface area contributed by atoms with Crippen molar-refractivity contribution in [2.24, 2.45) is 0 Å². The van der Waals surface area contributed by atoms with Crippen LogP contribution in [0.15, 0.2) is 114 Å². The molecule has 1 aliphatic heterocycles. The molecule has 7 nitrogen and oxygen atoms in total. The molecule has 0 N–H and O–H groups in total. The predicted molar refractivity (Wildman–Crippen MR) is 156 cm³/mol. The summed E-state index contributed by atoms with van der Waals surface area (Å²) >= 11 is 0. The fourth-order valence-corrected chi connectivity index (χ4v) is 6.49. The Kier molecular flexibility index (Phi) is 8.27. The van der Waals surface area contributed by atoms with Crippen molar-refractivity contribution in [2.45, 2.75) is 23.7 Å². The highest BCUT2D eigenvalue weighted by atomic mass is 32.2. The molecule has 11 heteroatoms. The molecule has 0 radical (unpaired) electrons. The van der Waals surface area contributed by atoms with Gasteiger partial charge in [0.1, 0.15) is 6.04 Å². The van der Waals surface area contributed by atoms with Crippen molar-refractivity contribution in [1.29, 1.82) is 0 Å². The maximum Gasteiger partial charge on any atom is 0.416 e. The van der Waals surface area contributed by atoms with Crippen LogP contribution in [0.25, 0.3) is 0 Å². The van der Waals surface area contributed by atoms with E-state index in [2.05, 4.69) is 0 Å². The molecule has 2 amide bonds. The zero-order chi connectivity index (χ0) is 30.8. The van der Waals surface area contributed by atoms with Crippen LogP contribution in [0.5, 0.6) is 0 Å². The SMILES string of the molecule is CN1CCN(C(=O)c2cccc(S(=O)(=O)N(Cc3ccccc3)c3cccc(C(F)(F)F)c3)c2)C(c2ccccc2)C1=O. The molecule has 43 heavy (non-hydrogen) atoms. The summed E-state index contributed by atoms with van der Waals surface area (Å²) in [5.41, 5.74) is 0.0354. The van der Waals surface area contributed by atoms with Crippen molar-refractivity contribution in [3.63, 3.8) is 0 Å². The minimum absolute atomic E-state index is 0.0306. The van der Waals surface area contributed by atoms with Crippen LogP contribution >= 0.6 is 0 Å². The number of carbonyl (C=O) groups excluding carboxylic acids is 2. The topological polar surface area (TPSA) is 78.0 Å². The molecule has 4 aromatic rings. The number of likely N-dealkylation sites (N-methyl/N-ethyl adjacent to an activating group) is 1. The number of alkyl halides is 3. The molecule has 1 fully saturated rings. The summed E-state index contributed by atoms with van der Waals surface area (Å²) in [6.07, 6.45) is -4.68. The highest BCUT2D eigenvalue weighted by Gasteiger charge is 2.38. The van der Waals surface area contributed by atoms with E-state index < -0.39 is 33.7 Å². The number of hydrogen-bond donors (Lipinski definition) is 0. The van der Waals surface area contributed by atoms with E-state index in [1.165, 1.54) is 35.2 Å². The number of hydrogen-bond acceptors (Lipinski definition) is 4. The zero-order valence-corrected chi connectivity index (χ0v) is 23.9. The van der Waals surface area contributed by atoms with Crippen LogP contribution < -0.4 is 4.31 Å². The van der Waals surface area contributed by atoms with Crippen molar-refractivity contribution in [1.82, 2.24) is 9.80 Å². The fraction of sp³-hybridized carbons (Fsp3) is 0.188. The number of sulfonamides is 1. The first-order chi connectivity index (χ1) is 20.5. The Balaban J connectivity index is 1.54. The van der Waals surface area contributed by atoms with Crippen LogP contribution in [0.4, 0.5) is 18.9 Å². The Morgan fingerprint density at radius 1 is 0.860 bits per heavy atom. The molecule has 0 bridgehead atoms. The van der Waals surface area contributed by atoms with E-state index >= 15 is 0 Å². The first kappa shape index (κ1) is 29.8. The Hall–Kier alpha value is -4.64. The first-order valence-corrected chi connectivity index (χ1v) is 14.9. The average molecular weight is 608 g/mol. The van der Waals surface area contributed by atoms with Crippen LogP contribution in [0, 0.1) is 0 Å². The molecule has 0 spiro atoms. The van der Waals surface area contributed by atoms with Gasteiger partial charge in [0.15, 0.2) is 0 Å². The number of anilines is 1. The summed E-state index contributed by atoms with van der Waals surface area (Å²) in [4.78, 5) is 29.7. The maximum atomic E-state index is 14.1. The van der Waals surface area contributed by atoms with Crippen molar-refractivity contribution < 1.29 is 31.2 Å². The van der Waals surface area contributed by atoms with E-state index in [9.17, 15) is 31.2 Å². The van der Waals surface area contributed by atoms with Gasteiger partial charge in [0.2, 0.25) is 5.91 Å². The van der Waals surface area contributed by atoms with Crippen LogP contribution in [0.3, 0.4) is 0 Å². The summed E-state index contributed by atoms with van der Waals surface area (Å²) in [7, 11) is -2.81. The molecule has 0 aromatic heterocycles. The van der Waals surface area contributed by atoms with Gasteiger partial charge in [-0.1, -0.05) is 72.8 Å². The Labute approximate surface area is 247 Å². The first-order valence-electron chi connectivity index (χ1n) is 13.4. The minimum atomic E-state index is -4.68. The van der Waals surface area contributed by atoms with Crippen LogP contribution in [0.1, 0.15) is 33.1 Å². The maximum absolute atomic E-state index is 14.1. The highest BCUT2D eigenvalue weighted by molar-refractivity contribution is 7.92. The number of piperazine rings is 1. The van der Waals surface area contributed by atoms with Crippen LogP contribution in [-0.4, -0.2) is 50.2 Å². The van der Waals surface area contributed by atoms with Gasteiger partial charge in [0.25, 0.3) is 15.9 Å². The molecule has 4 aromatic carbocycles. The van der Waals surface area contributed by atoms with Gasteiger partial charge in [0.05, 0.1) is 22.7 Å². The molecule has 1 saturated heterocycles. The Morgan fingerprint density at radius 3 is 2.19 bits per heavy atom. The second kappa shape index (κ2) is 11.9. The second-order valence-corrected chi connectivity index (χ2v) is 12.0. The lowest BCUT2D eigenvalue weighted by atomic mass is 10.0. The minimum Gasteiger partial charge on any atom is -0.342 e. The number of nitrogens with zero attached hydrogens (tertiary/aromatic N) is 3. The number of carbonyl (C=O) groups is 2. The van der Waals surface area contributed by atoms with Gasteiger partial charge in [-0.05, 0) is 47.5 Å². The molecular weight excluding hydrogens is 579 g/mol. The molecule has 1 aliphatic rings. The molecule has 1 heterocycles. The lowest BCUT2D eigenvalue weighted by molar-refractivity contribution is -0.139. The van der Waals surface area contributed by atoms with E-state index in [0.29, 0.717) is 17.7 Å². The number of halogens is 3. The summed E-state index contributed by atoms with van der Waals surface area (Å²) in [6.45, 7) is 0.278. The largest absolute Gasteiger partial charge is 0.416 e. The second-order valence-electron chi connectivity index (χ2n) is 10.1. The molecule has 0 aliphatic carbocycles. The molecule has 1 unspecified atom stereocenters. The van der Waals surface area contributed by atoms with E-state index in [-0.39, 0.29) is 35.1 Å². The van der Waals surface area contributed by atoms with Crippen molar-refractivity contribution in [3.05, 3.63) is 131 Å². The number of benzene rings is 4. The average Bonchev–Trinajstić information content (AvgIpc) is 3.01. The quantitative estimate of drug-likeness (QED) is 0.268. The van der Waals surface area contributed by atoms with E-state index in [1.54, 1.807) is 72.6 Å². The van der Waals surface area contributed by atoms with Crippen LogP contribution in [0.2, 0.25) is 0 Å². The van der Waals surface area contributed by atoms with Crippen molar-refractivity contribution in [3.8, 4) is 0 Å². The van der Waals surface area contributed by atoms with Crippen molar-refractivity contribution in [2.75, 3.05) is 24.4 Å². The lowest BCUT2D eigenvalue weighted by Gasteiger charge is -2.39. The fourth-order valence-electron chi connectivity index (χ4n) is 5.00.